The van der Waals surface area contributed by atoms with Gasteiger partial charge in [-0.15, -0.1) is 0 Å². The Morgan fingerprint density at radius 2 is 1.91 bits per heavy atom. The first-order valence-corrected chi connectivity index (χ1v) is 10.1. The molecule has 3 heterocycles. The van der Waals surface area contributed by atoms with Crippen LogP contribution in [0.3, 0.4) is 0 Å². The van der Waals surface area contributed by atoms with Gasteiger partial charge in [-0.1, -0.05) is 18.2 Å². The lowest BCUT2D eigenvalue weighted by molar-refractivity contribution is -0.153. The van der Waals surface area contributed by atoms with Crippen LogP contribution >= 0.6 is 0 Å². The summed E-state index contributed by atoms with van der Waals surface area (Å²) in [7, 11) is 0. The molecule has 0 aliphatic carbocycles. The van der Waals surface area contributed by atoms with Crippen molar-refractivity contribution < 1.29 is 27.8 Å². The molecule has 0 spiro atoms. The van der Waals surface area contributed by atoms with Gasteiger partial charge in [0, 0.05) is 35.9 Å². The normalized spacial score (nSPS) is 11.8. The van der Waals surface area contributed by atoms with Crippen LogP contribution in [0.25, 0.3) is 21.7 Å². The van der Waals surface area contributed by atoms with E-state index in [0.29, 0.717) is 33.9 Å². The molecule has 0 atom stereocenters. The summed E-state index contributed by atoms with van der Waals surface area (Å²) in [5.74, 6) is -0.348. The smallest absolute Gasteiger partial charge is 0.422 e. The van der Waals surface area contributed by atoms with Gasteiger partial charge in [-0.3, -0.25) is 14.5 Å². The minimum atomic E-state index is -4.46. The first kappa shape index (κ1) is 22.5. The Bertz CT molecular complexity index is 1290. The molecular formula is C22H20F3N5O3. The minimum absolute atomic E-state index is 0.0404. The van der Waals surface area contributed by atoms with E-state index in [9.17, 15) is 18.0 Å². The number of nitrogens with one attached hydrogen (secondary N) is 1. The van der Waals surface area contributed by atoms with Gasteiger partial charge in [0.25, 0.3) is 0 Å². The number of carbonyl (C=O) groups is 1. The summed E-state index contributed by atoms with van der Waals surface area (Å²) in [5.41, 5.74) is 1.94. The van der Waals surface area contributed by atoms with Crippen LogP contribution < -0.4 is 10.1 Å². The van der Waals surface area contributed by atoms with E-state index in [2.05, 4.69) is 20.4 Å². The van der Waals surface area contributed by atoms with Gasteiger partial charge in [0.15, 0.2) is 6.61 Å². The summed E-state index contributed by atoms with van der Waals surface area (Å²) in [6, 6.07) is 8.66. The molecule has 1 aromatic carbocycles. The average Bonchev–Trinajstić information content (AvgIpc) is 3.20. The molecule has 4 rings (SSSR count). The first-order chi connectivity index (χ1) is 15.8. The third-order valence-electron chi connectivity index (χ3n) is 4.87. The Labute approximate surface area is 186 Å². The van der Waals surface area contributed by atoms with E-state index in [0.717, 1.165) is 5.56 Å². The summed E-state index contributed by atoms with van der Waals surface area (Å²) >= 11 is 0. The molecule has 11 heteroatoms. The fourth-order valence-corrected chi connectivity index (χ4v) is 3.47. The molecule has 4 aromatic rings. The summed E-state index contributed by atoms with van der Waals surface area (Å²) in [4.78, 5) is 20.4. The third-order valence-corrected chi connectivity index (χ3v) is 4.87. The summed E-state index contributed by atoms with van der Waals surface area (Å²) in [6.07, 6.45) is 0.385. The zero-order valence-electron chi connectivity index (χ0n) is 17.3. The fourth-order valence-electron chi connectivity index (χ4n) is 3.47. The van der Waals surface area contributed by atoms with Crippen LogP contribution in [0.1, 0.15) is 11.3 Å². The molecule has 0 aliphatic heterocycles. The van der Waals surface area contributed by atoms with Gasteiger partial charge in [0.2, 0.25) is 11.8 Å². The summed E-state index contributed by atoms with van der Waals surface area (Å²) in [5, 5.41) is 17.9. The lowest BCUT2D eigenvalue weighted by atomic mass is 10.1. The highest BCUT2D eigenvalue weighted by Crippen LogP contribution is 2.28. The molecule has 0 fully saturated rings. The van der Waals surface area contributed by atoms with E-state index in [1.807, 2.05) is 0 Å². The number of pyridine rings is 2. The molecule has 1 amide bonds. The molecule has 2 N–H and O–H groups in total. The van der Waals surface area contributed by atoms with Crippen molar-refractivity contribution in [3.8, 4) is 5.88 Å². The van der Waals surface area contributed by atoms with Crippen LogP contribution in [0.15, 0.2) is 48.9 Å². The van der Waals surface area contributed by atoms with Gasteiger partial charge in [0.1, 0.15) is 0 Å². The molecule has 0 bridgehead atoms. The molecule has 0 unspecified atom stereocenters. The number of amides is 1. The molecular weight excluding hydrogens is 439 g/mol. The Kier molecular flexibility index (Phi) is 6.40. The van der Waals surface area contributed by atoms with Crippen LogP contribution in [-0.2, 0) is 17.8 Å². The quantitative estimate of drug-likeness (QED) is 0.420. The van der Waals surface area contributed by atoms with Crippen molar-refractivity contribution in [3.05, 3.63) is 60.2 Å². The van der Waals surface area contributed by atoms with E-state index in [1.165, 1.54) is 6.20 Å². The zero-order valence-corrected chi connectivity index (χ0v) is 17.3. The highest BCUT2D eigenvalue weighted by atomic mass is 19.4. The van der Waals surface area contributed by atoms with Crippen LogP contribution in [0.4, 0.5) is 13.2 Å². The fraction of sp³-hybridized carbons (Fsp3) is 0.273. The number of alkyl halides is 3. The predicted molar refractivity (Wildman–Crippen MR) is 114 cm³/mol. The van der Waals surface area contributed by atoms with E-state index in [4.69, 9.17) is 9.84 Å². The van der Waals surface area contributed by atoms with E-state index >= 15 is 0 Å². The second-order valence-electron chi connectivity index (χ2n) is 7.31. The van der Waals surface area contributed by atoms with Crippen molar-refractivity contribution in [1.29, 1.82) is 0 Å². The standard InChI is InChI=1S/C22H20F3N5O3/c23-22(24,25)13-33-21-16-4-2-1-3-15(16)14(10-28-21)11-30-12-17-18(29-30)5-6-26-19(17)9-20(32)27-7-8-31/h1-6,10,12,31H,7-9,11,13H2,(H,27,32). The number of fused-ring (bicyclic) bond motifs is 2. The molecule has 8 nitrogen and oxygen atoms in total. The van der Waals surface area contributed by atoms with Crippen molar-refractivity contribution in [1.82, 2.24) is 25.1 Å². The number of aliphatic hydroxyl groups is 1. The Morgan fingerprint density at radius 1 is 1.12 bits per heavy atom. The second-order valence-corrected chi connectivity index (χ2v) is 7.31. The number of hydrogen-bond acceptors (Lipinski definition) is 6. The third kappa shape index (κ3) is 5.37. The summed E-state index contributed by atoms with van der Waals surface area (Å²) in [6.45, 7) is -1.10. The Hall–Kier alpha value is -3.73. The highest BCUT2D eigenvalue weighted by molar-refractivity contribution is 5.90. The minimum Gasteiger partial charge on any atom is -0.468 e. The largest absolute Gasteiger partial charge is 0.468 e. The average molecular weight is 459 g/mol. The van der Waals surface area contributed by atoms with Crippen LogP contribution in [-0.4, -0.2) is 56.7 Å². The van der Waals surface area contributed by atoms with Crippen molar-refractivity contribution in [2.45, 2.75) is 19.1 Å². The maximum Gasteiger partial charge on any atom is 0.422 e. The molecule has 0 saturated heterocycles. The number of aromatic nitrogens is 4. The van der Waals surface area contributed by atoms with Gasteiger partial charge < -0.3 is 15.2 Å². The predicted octanol–water partition coefficient (Wildman–Crippen LogP) is 2.62. The van der Waals surface area contributed by atoms with Crippen LogP contribution in [0.2, 0.25) is 0 Å². The number of rotatable bonds is 8. The lowest BCUT2D eigenvalue weighted by Crippen LogP contribution is -2.28. The lowest BCUT2D eigenvalue weighted by Gasteiger charge is -2.13. The van der Waals surface area contributed by atoms with Crippen molar-refractivity contribution in [2.75, 3.05) is 19.8 Å². The molecule has 0 radical (unpaired) electrons. The molecule has 3 aromatic heterocycles. The number of carbonyl (C=O) groups excluding carboxylic acids is 1. The number of benzene rings is 1. The number of aliphatic hydroxyl groups excluding tert-OH is 1. The van der Waals surface area contributed by atoms with E-state index < -0.39 is 12.8 Å². The van der Waals surface area contributed by atoms with Gasteiger partial charge in [-0.2, -0.15) is 18.3 Å². The van der Waals surface area contributed by atoms with Gasteiger partial charge in [-0.25, -0.2) is 4.98 Å². The second kappa shape index (κ2) is 9.41. The molecule has 0 saturated carbocycles. The maximum atomic E-state index is 12.6. The molecule has 172 valence electrons. The van der Waals surface area contributed by atoms with Crippen molar-refractivity contribution in [3.63, 3.8) is 0 Å². The van der Waals surface area contributed by atoms with Gasteiger partial charge >= 0.3 is 6.18 Å². The van der Waals surface area contributed by atoms with Gasteiger partial charge in [-0.05, 0) is 23.1 Å². The number of hydrogen-bond donors (Lipinski definition) is 2. The monoisotopic (exact) mass is 459 g/mol. The highest BCUT2D eigenvalue weighted by Gasteiger charge is 2.29. The number of nitrogens with zero attached hydrogens (tertiary/aromatic N) is 4. The maximum absolute atomic E-state index is 12.6. The van der Waals surface area contributed by atoms with Crippen molar-refractivity contribution >= 4 is 27.6 Å². The SMILES string of the molecule is O=C(Cc1nccc2nn(Cc3cnc(OCC(F)(F)F)c4ccccc34)cc12)NCCO. The first-order valence-electron chi connectivity index (χ1n) is 10.1. The number of halogens is 3. The van der Waals surface area contributed by atoms with Crippen LogP contribution in [0, 0.1) is 0 Å². The van der Waals surface area contributed by atoms with E-state index in [-0.39, 0.29) is 31.4 Å². The van der Waals surface area contributed by atoms with Crippen LogP contribution in [0.5, 0.6) is 5.88 Å². The van der Waals surface area contributed by atoms with Crippen molar-refractivity contribution in [2.24, 2.45) is 0 Å². The molecule has 0 aliphatic rings. The number of ether oxygens (including phenoxy) is 1. The topological polar surface area (TPSA) is 102 Å². The van der Waals surface area contributed by atoms with E-state index in [1.54, 1.807) is 47.4 Å². The van der Waals surface area contributed by atoms with Gasteiger partial charge in [0.05, 0.1) is 30.8 Å². The summed E-state index contributed by atoms with van der Waals surface area (Å²) < 4.78 is 44.3. The Balaban J connectivity index is 1.61. The molecule has 33 heavy (non-hydrogen) atoms. The zero-order chi connectivity index (χ0) is 23.4. The Morgan fingerprint density at radius 3 is 2.67 bits per heavy atom.